The average Bonchev–Trinajstić information content (AvgIpc) is 2.77. The van der Waals surface area contributed by atoms with E-state index in [1.165, 1.54) is 0 Å². The highest BCUT2D eigenvalue weighted by Gasteiger charge is 2.08. The van der Waals surface area contributed by atoms with E-state index in [4.69, 9.17) is 0 Å². The zero-order valence-electron chi connectivity index (χ0n) is 30.9. The molecular formula is C31H84B3I2N5. The zero-order chi connectivity index (χ0) is 33.5. The molecule has 5 nitrogen and oxygen atoms in total. The van der Waals surface area contributed by atoms with Crippen molar-refractivity contribution in [3.63, 3.8) is 0 Å². The van der Waals surface area contributed by atoms with E-state index in [1.807, 2.05) is 4.81 Å². The van der Waals surface area contributed by atoms with Crippen LogP contribution in [-0.2, 0) is 0 Å². The van der Waals surface area contributed by atoms with Crippen molar-refractivity contribution in [1.29, 1.82) is 0 Å². The molecule has 3 N–H and O–H groups in total. The quantitative estimate of drug-likeness (QED) is 0.166. The fourth-order valence-corrected chi connectivity index (χ4v) is 6.12. The standard InChI is InChI=1S/C6H17BIN.C6H18BN.C6H16BN.C6H14IN.C6H15N.CH4/c1-5(2)9(7-8)6(3)4;3*1-5(2)8(7)6(3)4;1-5(2)7-6(3)4;/h5-6,9H,7H2,1-4H3;5-6,8H,1-4,7H3;5-6H,7H2,1-4H3;5-6H,1-4H3;5-7H,1-4H3;1H4. The molecular weight excluding hydrogens is 729 g/mol. The van der Waals surface area contributed by atoms with Crippen LogP contribution in [0.25, 0.3) is 0 Å². The van der Waals surface area contributed by atoms with Gasteiger partial charge in [-0.3, -0.25) is 22.4 Å². The lowest BCUT2D eigenvalue weighted by molar-refractivity contribution is -0.828. The van der Waals surface area contributed by atoms with Crippen molar-refractivity contribution in [2.45, 2.75) is 206 Å². The Hall–Kier alpha value is 1.45. The Morgan fingerprint density at radius 3 is 0.854 bits per heavy atom. The summed E-state index contributed by atoms with van der Waals surface area (Å²) in [5.41, 5.74) is 0. The van der Waals surface area contributed by atoms with Crippen molar-refractivity contribution < 1.29 is 9.62 Å². The number of hydrogen-bond donors (Lipinski definition) is 3. The van der Waals surface area contributed by atoms with Gasteiger partial charge in [0.25, 0.3) is 0 Å². The Kier molecular flexibility index (Phi) is 44.0. The lowest BCUT2D eigenvalue weighted by Crippen LogP contribution is -3.18. The minimum absolute atomic E-state index is 0. The van der Waals surface area contributed by atoms with E-state index in [0.29, 0.717) is 44.2 Å². The molecule has 41 heavy (non-hydrogen) atoms. The number of quaternary nitrogens is 2. The molecule has 256 valence electrons. The molecule has 0 aliphatic rings. The van der Waals surface area contributed by atoms with Crippen molar-refractivity contribution in [2.75, 3.05) is 0 Å². The van der Waals surface area contributed by atoms with Gasteiger partial charge in [0.05, 0.1) is 0 Å². The van der Waals surface area contributed by atoms with Gasteiger partial charge in [-0.2, -0.15) is 0 Å². The molecule has 0 aliphatic heterocycles. The van der Waals surface area contributed by atoms with Crippen LogP contribution in [0.4, 0.5) is 0 Å². The molecule has 0 radical (unpaired) electrons. The van der Waals surface area contributed by atoms with Crippen molar-refractivity contribution in [2.24, 2.45) is 0 Å². The van der Waals surface area contributed by atoms with Crippen molar-refractivity contribution >= 4 is 66.5 Å². The highest BCUT2D eigenvalue weighted by molar-refractivity contribution is 14.1. The highest BCUT2D eigenvalue weighted by atomic mass is 127. The first-order valence-electron chi connectivity index (χ1n) is 15.8. The third-order valence-corrected chi connectivity index (χ3v) is 9.46. The monoisotopic (exact) mass is 814 g/mol. The maximum Gasteiger partial charge on any atom is 0.239 e. The Morgan fingerprint density at radius 2 is 0.854 bits per heavy atom. The molecule has 0 spiro atoms. The van der Waals surface area contributed by atoms with E-state index in [9.17, 15) is 0 Å². The molecule has 0 fully saturated rings. The predicted octanol–water partition coefficient (Wildman–Crippen LogP) is 4.23. The molecule has 0 atom stereocenters. The van der Waals surface area contributed by atoms with E-state index in [2.05, 4.69) is 205 Å². The van der Waals surface area contributed by atoms with Crippen LogP contribution in [0.5, 0.6) is 0 Å². The van der Waals surface area contributed by atoms with Crippen molar-refractivity contribution in [3.05, 3.63) is 0 Å². The topological polar surface area (TPSA) is 27.4 Å². The third kappa shape index (κ3) is 41.5. The van der Waals surface area contributed by atoms with Gasteiger partial charge in [-0.25, -0.2) is 3.11 Å². The Labute approximate surface area is 293 Å². The summed E-state index contributed by atoms with van der Waals surface area (Å²) < 4.78 is 2.30. The van der Waals surface area contributed by atoms with E-state index < -0.39 is 0 Å². The summed E-state index contributed by atoms with van der Waals surface area (Å²) in [4.78, 5) is 5.99. The van der Waals surface area contributed by atoms with E-state index in [0.717, 1.165) is 24.2 Å². The van der Waals surface area contributed by atoms with Crippen molar-refractivity contribution in [3.8, 4) is 0 Å². The first-order chi connectivity index (χ1) is 17.9. The summed E-state index contributed by atoms with van der Waals surface area (Å²) in [5.74, 6) is 0. The van der Waals surface area contributed by atoms with Gasteiger partial charge < -0.3 is 19.7 Å². The van der Waals surface area contributed by atoms with Gasteiger partial charge in [0.15, 0.2) is 16.0 Å². The number of halogens is 2. The second-order valence-corrected chi connectivity index (χ2v) is 15.8. The lowest BCUT2D eigenvalue weighted by atomic mass is 10.1. The largest absolute Gasteiger partial charge is 0.529 e. The molecule has 0 rings (SSSR count). The SMILES string of the molecule is BN(C(C)C)C(C)C.C.CC(C)N(I)C(C)C.CC(C)NC(C)C.CC(C)[NH+]([BH2-]I)C(C)C.[BH3-][NH+](C(C)C)C(C)C. The normalized spacial score (nSPS) is 11.5. The molecule has 0 saturated heterocycles. The molecule has 0 aliphatic carbocycles. The van der Waals surface area contributed by atoms with Crippen LogP contribution in [0.1, 0.15) is 146 Å². The second-order valence-electron chi connectivity index (χ2n) is 13.6. The first kappa shape index (κ1) is 54.9. The van der Waals surface area contributed by atoms with Crippen LogP contribution in [0.3, 0.4) is 0 Å². The Bertz CT molecular complexity index is 427. The summed E-state index contributed by atoms with van der Waals surface area (Å²) in [5, 5.41) is 3.53. The van der Waals surface area contributed by atoms with Crippen LogP contribution in [0, 0.1) is 0 Å². The van der Waals surface area contributed by atoms with Gasteiger partial charge in [-0.1, -0.05) is 62.8 Å². The molecule has 0 aromatic rings. The van der Waals surface area contributed by atoms with Gasteiger partial charge >= 0.3 is 0 Å². The maximum atomic E-state index is 3.31. The van der Waals surface area contributed by atoms with Crippen LogP contribution >= 0.6 is 45.2 Å². The van der Waals surface area contributed by atoms with Crippen LogP contribution < -0.4 is 14.9 Å². The summed E-state index contributed by atoms with van der Waals surface area (Å²) >= 11 is 4.92. The maximum absolute atomic E-state index is 3.31. The first-order valence-corrected chi connectivity index (χ1v) is 18.9. The molecule has 0 aromatic heterocycles. The zero-order valence-corrected chi connectivity index (χ0v) is 35.2. The average molecular weight is 813 g/mol. The second kappa shape index (κ2) is 32.8. The lowest BCUT2D eigenvalue weighted by Gasteiger charge is -2.33. The molecule has 0 saturated carbocycles. The summed E-state index contributed by atoms with van der Waals surface area (Å²) in [6.45, 7) is 44.7. The molecule has 10 heteroatoms. The predicted molar refractivity (Wildman–Crippen MR) is 222 cm³/mol. The highest BCUT2D eigenvalue weighted by Crippen LogP contribution is 2.09. The summed E-state index contributed by atoms with van der Waals surface area (Å²) in [6.07, 6.45) is 0. The van der Waals surface area contributed by atoms with Crippen LogP contribution in [0.15, 0.2) is 0 Å². The van der Waals surface area contributed by atoms with Crippen LogP contribution in [-0.4, -0.2) is 89.6 Å². The minimum Gasteiger partial charge on any atom is -0.529 e. The van der Waals surface area contributed by atoms with Gasteiger partial charge in [0.2, 0.25) is 5.27 Å². The smallest absolute Gasteiger partial charge is 0.239 e. The summed E-state index contributed by atoms with van der Waals surface area (Å²) in [6, 6.07) is 7.31. The summed E-state index contributed by atoms with van der Waals surface area (Å²) in [7, 11) is 2.66. The van der Waals surface area contributed by atoms with Gasteiger partial charge in [-0.05, 0) is 95.2 Å². The number of hydrogen-bond acceptors (Lipinski definition) is 3. The number of rotatable bonds is 11. The van der Waals surface area contributed by atoms with Gasteiger partial charge in [0, 0.05) is 71.2 Å². The molecule has 0 bridgehead atoms. The fourth-order valence-electron chi connectivity index (χ4n) is 3.63. The minimum atomic E-state index is 0. The number of nitrogens with one attached hydrogen (secondary N) is 3. The van der Waals surface area contributed by atoms with Crippen molar-refractivity contribution in [1.82, 2.24) is 13.2 Å². The van der Waals surface area contributed by atoms with E-state index in [-0.39, 0.29) is 12.7 Å². The Balaban J connectivity index is -0.0000000930. The fraction of sp³-hybridized carbons (Fsp3) is 1.00. The van der Waals surface area contributed by atoms with Gasteiger partial charge in [0.1, 0.15) is 0 Å². The van der Waals surface area contributed by atoms with Crippen LogP contribution in [0.2, 0.25) is 0 Å². The number of nitrogens with zero attached hydrogens (tertiary/aromatic N) is 2. The molecule has 0 unspecified atom stereocenters. The third-order valence-electron chi connectivity index (χ3n) is 5.99. The Morgan fingerprint density at radius 1 is 0.585 bits per heavy atom. The van der Waals surface area contributed by atoms with Gasteiger partial charge in [-0.15, -0.1) is 0 Å². The molecule has 0 aromatic carbocycles. The van der Waals surface area contributed by atoms with E-state index in [1.54, 1.807) is 4.81 Å². The molecule has 0 amide bonds. The van der Waals surface area contributed by atoms with E-state index >= 15 is 0 Å². The molecule has 0 heterocycles.